The molecule has 8 heteroatoms. The van der Waals surface area contributed by atoms with Gasteiger partial charge in [0, 0.05) is 24.2 Å². The minimum absolute atomic E-state index is 0.0639. The fourth-order valence-electron chi connectivity index (χ4n) is 2.93. The van der Waals surface area contributed by atoms with Crippen LogP contribution in [-0.4, -0.2) is 28.1 Å². The van der Waals surface area contributed by atoms with Gasteiger partial charge < -0.3 is 14.6 Å². The second-order valence-electron chi connectivity index (χ2n) is 6.62. The Hall–Kier alpha value is -3.03. The number of fused-ring (bicyclic) bond motifs is 1. The summed E-state index contributed by atoms with van der Waals surface area (Å²) >= 11 is 0. The molecule has 2 aromatic heterocycles. The van der Waals surface area contributed by atoms with Gasteiger partial charge in [-0.05, 0) is 44.2 Å². The van der Waals surface area contributed by atoms with Crippen molar-refractivity contribution in [1.82, 2.24) is 14.9 Å². The van der Waals surface area contributed by atoms with Gasteiger partial charge >= 0.3 is 6.18 Å². The molecule has 0 fully saturated rings. The van der Waals surface area contributed by atoms with Crippen LogP contribution >= 0.6 is 0 Å². The van der Waals surface area contributed by atoms with Crippen molar-refractivity contribution in [3.8, 4) is 5.75 Å². The third-order valence-corrected chi connectivity index (χ3v) is 4.20. The summed E-state index contributed by atoms with van der Waals surface area (Å²) in [5.41, 5.74) is 0.503. The predicted molar refractivity (Wildman–Crippen MR) is 99.0 cm³/mol. The minimum Gasteiger partial charge on any atom is -0.484 e. The van der Waals surface area contributed by atoms with Gasteiger partial charge in [0.05, 0.1) is 0 Å². The van der Waals surface area contributed by atoms with Crippen molar-refractivity contribution >= 4 is 16.9 Å². The molecule has 1 amide bonds. The van der Waals surface area contributed by atoms with Crippen molar-refractivity contribution < 1.29 is 22.7 Å². The zero-order valence-electron chi connectivity index (χ0n) is 15.5. The van der Waals surface area contributed by atoms with Crippen molar-refractivity contribution in [3.05, 3.63) is 59.9 Å². The van der Waals surface area contributed by atoms with Gasteiger partial charge in [0.25, 0.3) is 5.91 Å². The van der Waals surface area contributed by atoms with Crippen LogP contribution in [0.3, 0.4) is 0 Å². The number of carbonyl (C=O) groups is 1. The predicted octanol–water partition coefficient (Wildman–Crippen LogP) is 3.95. The molecular weight excluding hydrogens is 371 g/mol. The van der Waals surface area contributed by atoms with Crippen molar-refractivity contribution in [1.29, 1.82) is 0 Å². The summed E-state index contributed by atoms with van der Waals surface area (Å²) in [6.07, 6.45) is -3.07. The molecule has 148 valence electrons. The fraction of sp³-hybridized carbons (Fsp3) is 0.300. The van der Waals surface area contributed by atoms with Crippen LogP contribution in [0.4, 0.5) is 13.2 Å². The van der Waals surface area contributed by atoms with Gasteiger partial charge in [-0.2, -0.15) is 13.2 Å². The summed E-state index contributed by atoms with van der Waals surface area (Å²) in [6, 6.07) is 10.9. The number of rotatable bonds is 6. The highest BCUT2D eigenvalue weighted by atomic mass is 19.4. The Bertz CT molecular complexity index is 965. The summed E-state index contributed by atoms with van der Waals surface area (Å²) in [5, 5.41) is 3.06. The van der Waals surface area contributed by atoms with Crippen molar-refractivity contribution in [2.24, 2.45) is 0 Å². The fourth-order valence-corrected chi connectivity index (χ4v) is 2.93. The number of hydrogen-bond acceptors (Lipinski definition) is 3. The van der Waals surface area contributed by atoms with E-state index in [0.29, 0.717) is 11.1 Å². The van der Waals surface area contributed by atoms with Gasteiger partial charge in [0.15, 0.2) is 6.61 Å². The number of aromatic nitrogens is 2. The quantitative estimate of drug-likeness (QED) is 0.692. The van der Waals surface area contributed by atoms with E-state index in [2.05, 4.69) is 10.3 Å². The summed E-state index contributed by atoms with van der Waals surface area (Å²) in [6.45, 7) is 3.29. The number of aryl methyl sites for hydroxylation is 1. The van der Waals surface area contributed by atoms with Crippen LogP contribution in [0.5, 0.6) is 5.75 Å². The number of benzene rings is 1. The van der Waals surface area contributed by atoms with Gasteiger partial charge in [0.1, 0.15) is 17.1 Å². The molecule has 5 nitrogen and oxygen atoms in total. The normalized spacial score (nSPS) is 12.8. The molecule has 0 bridgehead atoms. The average Bonchev–Trinajstić information content (AvgIpc) is 3.00. The molecule has 1 aromatic carbocycles. The monoisotopic (exact) mass is 391 g/mol. The summed E-state index contributed by atoms with van der Waals surface area (Å²) in [5.74, 6) is 0.138. The molecule has 0 radical (unpaired) electrons. The van der Waals surface area contributed by atoms with E-state index in [9.17, 15) is 18.0 Å². The molecule has 1 atom stereocenters. The van der Waals surface area contributed by atoms with E-state index in [1.807, 2.05) is 19.1 Å². The molecule has 0 unspecified atom stereocenters. The van der Waals surface area contributed by atoms with Crippen LogP contribution in [0.25, 0.3) is 11.0 Å². The van der Waals surface area contributed by atoms with Crippen LogP contribution < -0.4 is 10.1 Å². The van der Waals surface area contributed by atoms with E-state index in [1.165, 1.54) is 6.20 Å². The molecule has 0 saturated heterocycles. The maximum Gasteiger partial charge on any atom is 0.431 e. The number of hydrogen-bond donors (Lipinski definition) is 1. The van der Waals surface area contributed by atoms with Crippen molar-refractivity contribution in [2.75, 3.05) is 6.61 Å². The van der Waals surface area contributed by atoms with E-state index < -0.39 is 23.8 Å². The number of halogens is 3. The minimum atomic E-state index is -4.51. The number of carbonyl (C=O) groups excluding carboxylic acids is 1. The summed E-state index contributed by atoms with van der Waals surface area (Å²) in [7, 11) is 0. The maximum atomic E-state index is 13.4. The third-order valence-electron chi connectivity index (χ3n) is 4.20. The Kier molecular flexibility index (Phi) is 5.58. The molecule has 0 aliphatic heterocycles. The number of ether oxygens (including phenoxy) is 1. The van der Waals surface area contributed by atoms with Gasteiger partial charge in [-0.1, -0.05) is 17.7 Å². The first-order valence-electron chi connectivity index (χ1n) is 8.74. The molecular formula is C20H20F3N3O2. The molecule has 0 spiro atoms. The molecule has 3 rings (SSSR count). The van der Waals surface area contributed by atoms with Crippen LogP contribution in [-0.2, 0) is 17.5 Å². The topological polar surface area (TPSA) is 56.1 Å². The SMILES string of the molecule is Cc1ccc(OCC(=O)N[C@H](C)Cn2c(C(F)(F)F)cc3cccnc32)cc1. The standard InChI is InChI=1S/C20H20F3N3O2/c1-13-5-7-16(8-6-13)28-12-18(27)25-14(2)11-26-17(20(21,22)23)10-15-4-3-9-24-19(15)26/h3-10,14H,11-12H2,1-2H3,(H,25,27)/t14-/m1/s1. The average molecular weight is 391 g/mol. The van der Waals surface area contributed by atoms with Gasteiger partial charge in [0.2, 0.25) is 0 Å². The Morgan fingerprint density at radius 3 is 2.64 bits per heavy atom. The van der Waals surface area contributed by atoms with E-state index >= 15 is 0 Å². The molecule has 0 aliphatic rings. The largest absolute Gasteiger partial charge is 0.484 e. The van der Waals surface area contributed by atoms with Crippen LogP contribution in [0, 0.1) is 6.92 Å². The Morgan fingerprint density at radius 2 is 1.96 bits per heavy atom. The lowest BCUT2D eigenvalue weighted by atomic mass is 10.2. The molecule has 0 aliphatic carbocycles. The lowest BCUT2D eigenvalue weighted by Gasteiger charge is -2.18. The second-order valence-corrected chi connectivity index (χ2v) is 6.62. The zero-order valence-corrected chi connectivity index (χ0v) is 15.5. The Balaban J connectivity index is 1.66. The number of nitrogens with one attached hydrogen (secondary N) is 1. The van der Waals surface area contributed by atoms with E-state index in [-0.39, 0.29) is 18.8 Å². The second kappa shape index (κ2) is 7.92. The first kappa shape index (κ1) is 19.7. The van der Waals surface area contributed by atoms with E-state index in [0.717, 1.165) is 16.2 Å². The molecule has 2 heterocycles. The summed E-state index contributed by atoms with van der Waals surface area (Å²) in [4.78, 5) is 16.1. The van der Waals surface area contributed by atoms with E-state index in [1.54, 1.807) is 31.2 Å². The van der Waals surface area contributed by atoms with Crippen LogP contribution in [0.2, 0.25) is 0 Å². The van der Waals surface area contributed by atoms with Crippen LogP contribution in [0.1, 0.15) is 18.2 Å². The summed E-state index contributed by atoms with van der Waals surface area (Å²) < 4.78 is 46.6. The molecule has 28 heavy (non-hydrogen) atoms. The van der Waals surface area contributed by atoms with Gasteiger partial charge in [-0.15, -0.1) is 0 Å². The Labute approximate surface area is 160 Å². The molecule has 3 aromatic rings. The van der Waals surface area contributed by atoms with E-state index in [4.69, 9.17) is 4.74 Å². The number of pyridine rings is 1. The lowest BCUT2D eigenvalue weighted by molar-refractivity contribution is -0.143. The highest BCUT2D eigenvalue weighted by Crippen LogP contribution is 2.33. The van der Waals surface area contributed by atoms with Crippen molar-refractivity contribution in [3.63, 3.8) is 0 Å². The first-order valence-corrected chi connectivity index (χ1v) is 8.74. The zero-order chi connectivity index (χ0) is 20.3. The number of amides is 1. The van der Waals surface area contributed by atoms with Crippen LogP contribution in [0.15, 0.2) is 48.7 Å². The van der Waals surface area contributed by atoms with Gasteiger partial charge in [-0.3, -0.25) is 4.79 Å². The maximum absolute atomic E-state index is 13.4. The number of alkyl halides is 3. The highest BCUT2D eigenvalue weighted by molar-refractivity contribution is 5.78. The first-order chi connectivity index (χ1) is 13.2. The number of nitrogens with zero attached hydrogens (tertiary/aromatic N) is 2. The lowest BCUT2D eigenvalue weighted by Crippen LogP contribution is -2.39. The van der Waals surface area contributed by atoms with Gasteiger partial charge in [-0.25, -0.2) is 4.98 Å². The molecule has 0 saturated carbocycles. The smallest absolute Gasteiger partial charge is 0.431 e. The third kappa shape index (κ3) is 4.62. The Morgan fingerprint density at radius 1 is 1.25 bits per heavy atom. The molecule has 1 N–H and O–H groups in total. The van der Waals surface area contributed by atoms with Crippen molar-refractivity contribution in [2.45, 2.75) is 32.6 Å². The highest BCUT2D eigenvalue weighted by Gasteiger charge is 2.36.